The third-order valence-electron chi connectivity index (χ3n) is 3.52. The number of rotatable bonds is 3. The van der Waals surface area contributed by atoms with Crippen molar-refractivity contribution in [3.05, 3.63) is 35.4 Å². The highest BCUT2D eigenvalue weighted by Gasteiger charge is 2.45. The second-order valence-electron chi connectivity index (χ2n) is 5.04. The van der Waals surface area contributed by atoms with Gasteiger partial charge in [0.05, 0.1) is 0 Å². The molecule has 1 aromatic rings. The predicted octanol–water partition coefficient (Wildman–Crippen LogP) is 3.40. The number of hydrogen-bond donors (Lipinski definition) is 2. The van der Waals surface area contributed by atoms with E-state index < -0.39 is 28.0 Å². The summed E-state index contributed by atoms with van der Waals surface area (Å²) in [5.74, 6) is -1.15. The smallest absolute Gasteiger partial charge is 0.408 e. The number of nitrogens with one attached hydrogen (secondary N) is 1. The molecule has 0 bridgehead atoms. The van der Waals surface area contributed by atoms with Crippen LogP contribution in [0, 0.1) is 0 Å². The molecule has 1 atom stereocenters. The Labute approximate surface area is 142 Å². The van der Waals surface area contributed by atoms with Crippen molar-refractivity contribution in [1.29, 1.82) is 0 Å². The number of hydrogen-bond acceptors (Lipinski definition) is 3. The van der Waals surface area contributed by atoms with Gasteiger partial charge < -0.3 is 15.2 Å². The van der Waals surface area contributed by atoms with Gasteiger partial charge in [-0.25, -0.2) is 9.59 Å². The van der Waals surface area contributed by atoms with Crippen molar-refractivity contribution >= 4 is 46.9 Å². The molecule has 1 aromatic carbocycles. The van der Waals surface area contributed by atoms with Gasteiger partial charge in [-0.2, -0.15) is 0 Å². The lowest BCUT2D eigenvalue weighted by molar-refractivity contribution is -0.145. The molecule has 5 nitrogen and oxygen atoms in total. The second kappa shape index (κ2) is 6.52. The number of carboxylic acid groups (broad SMARTS) is 1. The number of carbonyl (C=O) groups excluding carboxylic acids is 1. The number of fused-ring (bicyclic) bond motifs is 1. The lowest BCUT2D eigenvalue weighted by Crippen LogP contribution is -2.54. The summed E-state index contributed by atoms with van der Waals surface area (Å²) in [5, 5.41) is 12.1. The molecule has 1 aliphatic carbocycles. The van der Waals surface area contributed by atoms with Crippen LogP contribution in [0.4, 0.5) is 4.79 Å². The first kappa shape index (κ1) is 17.2. The number of ether oxygens (including phenoxy) is 1. The fourth-order valence-corrected chi connectivity index (χ4v) is 2.76. The van der Waals surface area contributed by atoms with Crippen LogP contribution in [0.3, 0.4) is 0 Å². The molecule has 120 valence electrons. The van der Waals surface area contributed by atoms with Crippen LogP contribution < -0.4 is 5.32 Å². The molecule has 0 spiro atoms. The Bertz CT molecular complexity index is 588. The number of benzene rings is 1. The largest absolute Gasteiger partial charge is 0.479 e. The molecule has 0 aromatic heterocycles. The van der Waals surface area contributed by atoms with Crippen LogP contribution >= 0.6 is 34.8 Å². The Morgan fingerprint density at radius 3 is 2.64 bits per heavy atom. The van der Waals surface area contributed by atoms with E-state index in [1.807, 2.05) is 12.1 Å². The molecule has 0 radical (unpaired) electrons. The zero-order valence-electron chi connectivity index (χ0n) is 11.4. The van der Waals surface area contributed by atoms with Gasteiger partial charge in [0.15, 0.2) is 5.54 Å². The van der Waals surface area contributed by atoms with Crippen LogP contribution in [0.1, 0.15) is 24.0 Å². The highest BCUT2D eigenvalue weighted by atomic mass is 35.6. The van der Waals surface area contributed by atoms with E-state index in [0.717, 1.165) is 12.0 Å². The zero-order valence-corrected chi connectivity index (χ0v) is 13.7. The fraction of sp³-hybridized carbons (Fsp3) is 0.429. The summed E-state index contributed by atoms with van der Waals surface area (Å²) in [7, 11) is 0. The van der Waals surface area contributed by atoms with Gasteiger partial charge in [0.2, 0.25) is 3.79 Å². The van der Waals surface area contributed by atoms with Gasteiger partial charge in [0, 0.05) is 0 Å². The van der Waals surface area contributed by atoms with Gasteiger partial charge in [-0.1, -0.05) is 59.1 Å². The molecule has 0 aliphatic heterocycles. The van der Waals surface area contributed by atoms with Crippen molar-refractivity contribution in [2.45, 2.75) is 28.6 Å². The number of aliphatic carboxylic acids is 1. The van der Waals surface area contributed by atoms with E-state index in [1.165, 1.54) is 0 Å². The fourth-order valence-electron chi connectivity index (χ4n) is 2.60. The summed E-state index contributed by atoms with van der Waals surface area (Å²) in [6, 6.07) is 7.10. The minimum Gasteiger partial charge on any atom is -0.479 e. The highest BCUT2D eigenvalue weighted by molar-refractivity contribution is 6.67. The predicted molar refractivity (Wildman–Crippen MR) is 83.5 cm³/mol. The second-order valence-corrected chi connectivity index (χ2v) is 7.55. The van der Waals surface area contributed by atoms with Crippen LogP contribution in [0.5, 0.6) is 0 Å². The maximum absolute atomic E-state index is 11.9. The number of carbonyl (C=O) groups is 2. The van der Waals surface area contributed by atoms with Gasteiger partial charge in [0.1, 0.15) is 6.61 Å². The molecule has 0 saturated heterocycles. The first-order valence-electron chi connectivity index (χ1n) is 6.58. The standard InChI is InChI=1S/C14H14Cl3NO4/c15-14(16,17)8-22-12(21)18-13(11(19)20)7-3-5-9-4-1-2-6-10(9)13/h1-2,4,6H,3,5,7-8H2,(H,18,21)(H,19,20)/t13-/m0/s1. The molecule has 0 unspecified atom stereocenters. The molecule has 2 N–H and O–H groups in total. The molecule has 0 saturated carbocycles. The summed E-state index contributed by atoms with van der Waals surface area (Å²) < 4.78 is 3.04. The van der Waals surface area contributed by atoms with Crippen LogP contribution in [0.2, 0.25) is 0 Å². The number of halogens is 3. The SMILES string of the molecule is O=C(N[C@@]1(C(=O)O)CCCc2ccccc21)OCC(Cl)(Cl)Cl. The average molecular weight is 367 g/mol. The Balaban J connectivity index is 2.24. The van der Waals surface area contributed by atoms with Crippen molar-refractivity contribution in [2.75, 3.05) is 6.61 Å². The van der Waals surface area contributed by atoms with E-state index in [9.17, 15) is 14.7 Å². The van der Waals surface area contributed by atoms with Crippen LogP contribution in [0.15, 0.2) is 24.3 Å². The van der Waals surface area contributed by atoms with Crippen LogP contribution in [0.25, 0.3) is 0 Å². The lowest BCUT2D eigenvalue weighted by Gasteiger charge is -2.35. The van der Waals surface area contributed by atoms with E-state index in [-0.39, 0.29) is 6.42 Å². The molecule has 8 heteroatoms. The molecular weight excluding hydrogens is 353 g/mol. The zero-order chi connectivity index (χ0) is 16.4. The van der Waals surface area contributed by atoms with Crippen molar-refractivity contribution in [3.8, 4) is 0 Å². The lowest BCUT2D eigenvalue weighted by atomic mass is 9.76. The first-order chi connectivity index (χ1) is 10.2. The van der Waals surface area contributed by atoms with Crippen molar-refractivity contribution in [2.24, 2.45) is 0 Å². The van der Waals surface area contributed by atoms with Gasteiger partial charge in [0.25, 0.3) is 0 Å². The first-order valence-corrected chi connectivity index (χ1v) is 7.71. The number of amides is 1. The van der Waals surface area contributed by atoms with E-state index >= 15 is 0 Å². The van der Waals surface area contributed by atoms with Gasteiger partial charge >= 0.3 is 12.1 Å². The van der Waals surface area contributed by atoms with Crippen molar-refractivity contribution in [1.82, 2.24) is 5.32 Å². The Morgan fingerprint density at radius 2 is 2.00 bits per heavy atom. The number of alkyl halides is 3. The summed E-state index contributed by atoms with van der Waals surface area (Å²) in [6.45, 7) is -0.471. The summed E-state index contributed by atoms with van der Waals surface area (Å²) >= 11 is 16.5. The Kier molecular flexibility index (Phi) is 5.10. The minimum atomic E-state index is -1.75. The van der Waals surface area contributed by atoms with E-state index in [4.69, 9.17) is 39.5 Å². The van der Waals surface area contributed by atoms with Crippen molar-refractivity contribution in [3.63, 3.8) is 0 Å². The van der Waals surface area contributed by atoms with E-state index in [1.54, 1.807) is 12.1 Å². The third kappa shape index (κ3) is 3.77. The normalized spacial score (nSPS) is 20.9. The monoisotopic (exact) mass is 365 g/mol. The average Bonchev–Trinajstić information content (AvgIpc) is 2.44. The maximum atomic E-state index is 11.9. The van der Waals surface area contributed by atoms with Gasteiger partial charge in [-0.15, -0.1) is 0 Å². The molecule has 1 amide bonds. The van der Waals surface area contributed by atoms with Gasteiger partial charge in [-0.3, -0.25) is 0 Å². The quantitative estimate of drug-likeness (QED) is 0.804. The van der Waals surface area contributed by atoms with Crippen LogP contribution in [-0.2, 0) is 21.5 Å². The number of aryl methyl sites for hydroxylation is 1. The topological polar surface area (TPSA) is 75.6 Å². The minimum absolute atomic E-state index is 0.266. The van der Waals surface area contributed by atoms with E-state index in [2.05, 4.69) is 5.32 Å². The Hall–Kier alpha value is -1.17. The maximum Gasteiger partial charge on any atom is 0.408 e. The Morgan fingerprint density at radius 1 is 1.32 bits per heavy atom. The molecule has 0 heterocycles. The molecule has 22 heavy (non-hydrogen) atoms. The molecule has 0 fully saturated rings. The van der Waals surface area contributed by atoms with Crippen molar-refractivity contribution < 1.29 is 19.4 Å². The number of alkyl carbamates (subject to hydrolysis) is 1. The van der Waals surface area contributed by atoms with Gasteiger partial charge in [-0.05, 0) is 30.4 Å². The summed E-state index contributed by atoms with van der Waals surface area (Å²) in [6.07, 6.45) is 0.720. The summed E-state index contributed by atoms with van der Waals surface area (Å²) in [4.78, 5) is 23.7. The van der Waals surface area contributed by atoms with Crippen LogP contribution in [-0.4, -0.2) is 27.6 Å². The third-order valence-corrected chi connectivity index (χ3v) is 3.85. The summed E-state index contributed by atoms with van der Waals surface area (Å²) in [5.41, 5.74) is -0.0862. The molecule has 2 rings (SSSR count). The number of carboxylic acids is 1. The van der Waals surface area contributed by atoms with E-state index in [0.29, 0.717) is 12.0 Å². The highest BCUT2D eigenvalue weighted by Crippen LogP contribution is 2.36. The molecular formula is C14H14Cl3NO4. The molecule has 1 aliphatic rings.